The second-order valence-corrected chi connectivity index (χ2v) is 9.05. The maximum absolute atomic E-state index is 12.5. The minimum atomic E-state index is 0.103. The fourth-order valence-electron chi connectivity index (χ4n) is 3.82. The lowest BCUT2D eigenvalue weighted by Gasteiger charge is -2.29. The molecule has 0 bridgehead atoms. The molecule has 27 heavy (non-hydrogen) atoms. The molecule has 1 N–H and O–H groups in total. The van der Waals surface area contributed by atoms with Gasteiger partial charge in [0.15, 0.2) is 5.16 Å². The van der Waals surface area contributed by atoms with Crippen LogP contribution in [0.1, 0.15) is 46.5 Å². The Bertz CT molecular complexity index is 615. The highest BCUT2D eigenvalue weighted by atomic mass is 32.2. The van der Waals surface area contributed by atoms with Gasteiger partial charge in [-0.2, -0.15) is 0 Å². The number of morpholine rings is 1. The summed E-state index contributed by atoms with van der Waals surface area (Å²) < 4.78 is 7.62. The number of ether oxygens (including phenoxy) is 1. The number of anilines is 1. The second kappa shape index (κ2) is 9.78. The Hall–Kier alpha value is -1.28. The van der Waals surface area contributed by atoms with E-state index in [1.165, 1.54) is 31.0 Å². The molecule has 152 valence electrons. The average molecular weight is 396 g/mol. The number of nitrogens with one attached hydrogen (secondary N) is 1. The molecule has 1 aromatic heterocycles. The van der Waals surface area contributed by atoms with Gasteiger partial charge in [0.2, 0.25) is 11.9 Å². The second-order valence-electron chi connectivity index (χ2n) is 8.11. The van der Waals surface area contributed by atoms with Crippen LogP contribution >= 0.6 is 11.8 Å². The summed E-state index contributed by atoms with van der Waals surface area (Å²) in [6.45, 7) is 10.6. The Morgan fingerprint density at radius 3 is 2.70 bits per heavy atom. The molecule has 1 amide bonds. The van der Waals surface area contributed by atoms with Crippen LogP contribution in [0.5, 0.6) is 0 Å². The van der Waals surface area contributed by atoms with Crippen molar-refractivity contribution in [2.45, 2.75) is 64.2 Å². The van der Waals surface area contributed by atoms with E-state index in [1.54, 1.807) is 0 Å². The molecule has 1 saturated heterocycles. The summed E-state index contributed by atoms with van der Waals surface area (Å²) in [5, 5.41) is 12.9. The van der Waals surface area contributed by atoms with Crippen molar-refractivity contribution < 1.29 is 9.53 Å². The van der Waals surface area contributed by atoms with Gasteiger partial charge in [0.05, 0.1) is 19.0 Å². The summed E-state index contributed by atoms with van der Waals surface area (Å²) in [5.41, 5.74) is 0. The van der Waals surface area contributed by atoms with Crippen molar-refractivity contribution in [3.05, 3.63) is 0 Å². The Morgan fingerprint density at radius 2 is 2.00 bits per heavy atom. The van der Waals surface area contributed by atoms with Crippen molar-refractivity contribution >= 4 is 23.6 Å². The van der Waals surface area contributed by atoms with Crippen LogP contribution in [0, 0.1) is 11.8 Å². The average Bonchev–Trinajstić information content (AvgIpc) is 3.04. The van der Waals surface area contributed by atoms with E-state index in [4.69, 9.17) is 4.74 Å². The van der Waals surface area contributed by atoms with Crippen LogP contribution in [-0.4, -0.2) is 58.8 Å². The van der Waals surface area contributed by atoms with E-state index in [1.807, 2.05) is 0 Å². The van der Waals surface area contributed by atoms with Gasteiger partial charge >= 0.3 is 0 Å². The van der Waals surface area contributed by atoms with E-state index in [0.29, 0.717) is 23.6 Å². The highest BCUT2D eigenvalue weighted by Gasteiger charge is 2.24. The zero-order valence-corrected chi connectivity index (χ0v) is 17.6. The standard InChI is InChI=1S/C19H33N5O2S/c1-14(2)12-24-18(23-8-10-26-11-9-23)21-22-19(24)27-13-17(25)20-16-7-5-4-6-15(16)3/h14-16H,4-13H2,1-3H3,(H,20,25)/t15-,16-/m1/s1. The molecule has 1 aliphatic carbocycles. The van der Waals surface area contributed by atoms with E-state index < -0.39 is 0 Å². The van der Waals surface area contributed by atoms with Crippen LogP contribution in [0.15, 0.2) is 5.16 Å². The Balaban J connectivity index is 1.61. The molecule has 3 rings (SSSR count). The van der Waals surface area contributed by atoms with Crippen LogP contribution in [0.2, 0.25) is 0 Å². The molecule has 0 unspecified atom stereocenters. The van der Waals surface area contributed by atoms with Crippen LogP contribution in [0.4, 0.5) is 5.95 Å². The first kappa shape index (κ1) is 20.5. The minimum absolute atomic E-state index is 0.103. The highest BCUT2D eigenvalue weighted by molar-refractivity contribution is 7.99. The van der Waals surface area contributed by atoms with Gasteiger partial charge in [-0.1, -0.05) is 45.4 Å². The number of thioether (sulfide) groups is 1. The number of hydrogen-bond donors (Lipinski definition) is 1. The topological polar surface area (TPSA) is 72.3 Å². The predicted molar refractivity (Wildman–Crippen MR) is 108 cm³/mol. The van der Waals surface area contributed by atoms with Gasteiger partial charge in [0.1, 0.15) is 0 Å². The number of nitrogens with zero attached hydrogens (tertiary/aromatic N) is 4. The molecule has 2 heterocycles. The van der Waals surface area contributed by atoms with Gasteiger partial charge in [0.25, 0.3) is 0 Å². The van der Waals surface area contributed by atoms with Crippen molar-refractivity contribution in [3.8, 4) is 0 Å². The zero-order valence-electron chi connectivity index (χ0n) is 16.8. The van der Waals surface area contributed by atoms with Crippen molar-refractivity contribution in [1.82, 2.24) is 20.1 Å². The summed E-state index contributed by atoms with van der Waals surface area (Å²) in [7, 11) is 0. The normalized spacial score (nSPS) is 23.6. The molecule has 0 spiro atoms. The first-order valence-electron chi connectivity index (χ1n) is 10.2. The Labute approximate surface area is 166 Å². The first-order valence-corrected chi connectivity index (χ1v) is 11.2. The Morgan fingerprint density at radius 1 is 1.26 bits per heavy atom. The third-order valence-electron chi connectivity index (χ3n) is 5.33. The van der Waals surface area contributed by atoms with E-state index in [0.717, 1.165) is 50.4 Å². The monoisotopic (exact) mass is 395 g/mol. The smallest absolute Gasteiger partial charge is 0.230 e. The van der Waals surface area contributed by atoms with Gasteiger partial charge < -0.3 is 15.0 Å². The quantitative estimate of drug-likeness (QED) is 0.716. The van der Waals surface area contributed by atoms with Crippen molar-refractivity contribution in [3.63, 3.8) is 0 Å². The van der Waals surface area contributed by atoms with Gasteiger partial charge in [-0.15, -0.1) is 10.2 Å². The molecular formula is C19H33N5O2S. The van der Waals surface area contributed by atoms with Crippen LogP contribution < -0.4 is 10.2 Å². The lowest BCUT2D eigenvalue weighted by atomic mass is 9.86. The highest BCUT2D eigenvalue weighted by Crippen LogP contribution is 2.26. The van der Waals surface area contributed by atoms with Crippen LogP contribution in [0.25, 0.3) is 0 Å². The van der Waals surface area contributed by atoms with Gasteiger partial charge in [-0.25, -0.2) is 0 Å². The summed E-state index contributed by atoms with van der Waals surface area (Å²) in [4.78, 5) is 14.7. The largest absolute Gasteiger partial charge is 0.378 e. The van der Waals surface area contributed by atoms with Crippen molar-refractivity contribution in [1.29, 1.82) is 0 Å². The zero-order chi connectivity index (χ0) is 19.2. The van der Waals surface area contributed by atoms with Gasteiger partial charge in [0, 0.05) is 25.7 Å². The number of amides is 1. The van der Waals surface area contributed by atoms with Crippen molar-refractivity contribution in [2.24, 2.45) is 11.8 Å². The van der Waals surface area contributed by atoms with E-state index >= 15 is 0 Å². The summed E-state index contributed by atoms with van der Waals surface area (Å²) in [6.07, 6.45) is 4.81. The summed E-state index contributed by atoms with van der Waals surface area (Å²) >= 11 is 1.49. The van der Waals surface area contributed by atoms with E-state index in [-0.39, 0.29) is 5.91 Å². The molecule has 1 aliphatic heterocycles. The molecular weight excluding hydrogens is 362 g/mol. The van der Waals surface area contributed by atoms with Gasteiger partial charge in [-0.05, 0) is 24.7 Å². The summed E-state index contributed by atoms with van der Waals surface area (Å²) in [6, 6.07) is 0.323. The predicted octanol–water partition coefficient (Wildman–Crippen LogP) is 2.56. The van der Waals surface area contributed by atoms with Crippen LogP contribution in [0.3, 0.4) is 0 Å². The molecule has 2 aliphatic rings. The number of carbonyl (C=O) groups excluding carboxylic acids is 1. The number of aromatic nitrogens is 3. The maximum atomic E-state index is 12.5. The van der Waals surface area contributed by atoms with E-state index in [9.17, 15) is 4.79 Å². The molecule has 8 heteroatoms. The third kappa shape index (κ3) is 5.60. The molecule has 1 aromatic rings. The summed E-state index contributed by atoms with van der Waals surface area (Å²) in [5.74, 6) is 2.45. The molecule has 0 radical (unpaired) electrons. The fourth-order valence-corrected chi connectivity index (χ4v) is 4.57. The molecule has 7 nitrogen and oxygen atoms in total. The van der Waals surface area contributed by atoms with E-state index in [2.05, 4.69) is 45.8 Å². The maximum Gasteiger partial charge on any atom is 0.230 e. The first-order chi connectivity index (χ1) is 13.0. The number of rotatable bonds is 7. The SMILES string of the molecule is CC(C)Cn1c(SCC(=O)N[C@@H]2CCCC[C@H]2C)nnc1N1CCOCC1. The molecule has 2 fully saturated rings. The number of carbonyl (C=O) groups is 1. The van der Waals surface area contributed by atoms with Crippen LogP contribution in [-0.2, 0) is 16.1 Å². The lowest BCUT2D eigenvalue weighted by Crippen LogP contribution is -2.41. The molecule has 1 saturated carbocycles. The molecule has 2 atom stereocenters. The minimum Gasteiger partial charge on any atom is -0.378 e. The lowest BCUT2D eigenvalue weighted by molar-refractivity contribution is -0.119. The molecule has 0 aromatic carbocycles. The van der Waals surface area contributed by atoms with Crippen molar-refractivity contribution in [2.75, 3.05) is 37.0 Å². The Kier molecular flexibility index (Phi) is 7.41. The fraction of sp³-hybridized carbons (Fsp3) is 0.842. The van der Waals surface area contributed by atoms with Gasteiger partial charge in [-0.3, -0.25) is 9.36 Å². The number of hydrogen-bond acceptors (Lipinski definition) is 6. The third-order valence-corrected chi connectivity index (χ3v) is 6.30.